The van der Waals surface area contributed by atoms with Crippen LogP contribution in [0.1, 0.15) is 45.1 Å². The summed E-state index contributed by atoms with van der Waals surface area (Å²) < 4.78 is 5.61. The number of hydrogen-bond donors (Lipinski definition) is 9. The number of amides is 5. The van der Waals surface area contributed by atoms with E-state index in [1.807, 2.05) is 0 Å². The summed E-state index contributed by atoms with van der Waals surface area (Å²) in [5, 5.41) is 21.9. The highest BCUT2D eigenvalue weighted by molar-refractivity contribution is 5.98. The van der Waals surface area contributed by atoms with Crippen molar-refractivity contribution in [2.75, 3.05) is 26.2 Å². The minimum absolute atomic E-state index is 0.0473. The van der Waals surface area contributed by atoms with Gasteiger partial charge in [-0.2, -0.15) is 0 Å². The van der Waals surface area contributed by atoms with Gasteiger partial charge >= 0.3 is 5.97 Å². The van der Waals surface area contributed by atoms with Crippen LogP contribution in [0.25, 0.3) is 0 Å². The summed E-state index contributed by atoms with van der Waals surface area (Å²) in [7, 11) is 0. The fourth-order valence-corrected chi connectivity index (χ4v) is 4.45. The zero-order chi connectivity index (χ0) is 34.2. The van der Waals surface area contributed by atoms with E-state index in [1.165, 1.54) is 0 Å². The topological polar surface area (TPSA) is 282 Å². The molecule has 0 saturated carbocycles. The lowest BCUT2D eigenvalue weighted by atomic mass is 9.99. The van der Waals surface area contributed by atoms with Gasteiger partial charge in [-0.15, -0.1) is 0 Å². The Morgan fingerprint density at radius 1 is 0.913 bits per heavy atom. The molecule has 1 aliphatic rings. The number of nitrogens with one attached hydrogen (secondary N) is 5. The van der Waals surface area contributed by atoms with E-state index in [-0.39, 0.29) is 25.3 Å². The third kappa shape index (κ3) is 13.0. The van der Waals surface area contributed by atoms with Crippen molar-refractivity contribution in [1.82, 2.24) is 26.6 Å². The molecule has 2 rings (SSSR count). The lowest BCUT2D eigenvalue weighted by Crippen LogP contribution is -2.59. The molecule has 2 unspecified atom stereocenters. The largest absolute Gasteiger partial charge is 0.494 e. The summed E-state index contributed by atoms with van der Waals surface area (Å²) in [4.78, 5) is 81.5. The Balaban J connectivity index is 2.42. The van der Waals surface area contributed by atoms with E-state index in [0.29, 0.717) is 37.3 Å². The molecule has 1 heterocycles. The van der Waals surface area contributed by atoms with Gasteiger partial charge in [0.25, 0.3) is 0 Å². The Morgan fingerprint density at radius 3 is 2.17 bits per heavy atom. The Morgan fingerprint density at radius 2 is 1.57 bits per heavy atom. The average molecular weight is 648 g/mol. The van der Waals surface area contributed by atoms with E-state index in [1.54, 1.807) is 38.1 Å². The van der Waals surface area contributed by atoms with Crippen molar-refractivity contribution in [2.45, 2.75) is 70.1 Å². The normalized spacial score (nSPS) is 21.4. The van der Waals surface area contributed by atoms with E-state index >= 15 is 0 Å². The second-order valence-electron chi connectivity index (χ2n) is 11.1. The maximum Gasteiger partial charge on any atom is 0.305 e. The van der Waals surface area contributed by atoms with Crippen LogP contribution in [0, 0.1) is 5.92 Å². The Bertz CT molecular complexity index is 1250. The number of ether oxygens (including phenoxy) is 1. The monoisotopic (exact) mass is 647 g/mol. The van der Waals surface area contributed by atoms with Crippen molar-refractivity contribution in [2.24, 2.45) is 28.1 Å². The first-order valence-electron chi connectivity index (χ1n) is 15.0. The number of rotatable bonds is 13. The zero-order valence-corrected chi connectivity index (χ0v) is 26.0. The molecular formula is C29H45N9O8. The quantitative estimate of drug-likeness (QED) is 0.0599. The smallest absolute Gasteiger partial charge is 0.305 e. The van der Waals surface area contributed by atoms with Crippen LogP contribution < -0.4 is 48.5 Å². The molecule has 46 heavy (non-hydrogen) atoms. The number of guanidine groups is 1. The summed E-state index contributed by atoms with van der Waals surface area (Å²) in [5.41, 5.74) is 16.8. The van der Waals surface area contributed by atoms with Crippen molar-refractivity contribution in [1.29, 1.82) is 0 Å². The Labute approximate surface area is 266 Å². The lowest BCUT2D eigenvalue weighted by Gasteiger charge is -2.27. The summed E-state index contributed by atoms with van der Waals surface area (Å²) in [6.07, 6.45) is 0.201. The van der Waals surface area contributed by atoms with Crippen molar-refractivity contribution >= 4 is 41.5 Å². The van der Waals surface area contributed by atoms with Gasteiger partial charge in [-0.05, 0) is 49.4 Å². The van der Waals surface area contributed by atoms with Crippen molar-refractivity contribution in [3.63, 3.8) is 0 Å². The minimum atomic E-state index is -1.57. The number of carbonyl (C=O) groups excluding carboxylic acids is 5. The van der Waals surface area contributed by atoms with E-state index in [9.17, 15) is 33.9 Å². The van der Waals surface area contributed by atoms with E-state index in [2.05, 4.69) is 31.6 Å². The van der Waals surface area contributed by atoms with Crippen molar-refractivity contribution < 1.29 is 38.6 Å². The number of aliphatic imine (C=N–C) groups is 1. The third-order valence-electron chi connectivity index (χ3n) is 6.89. The number of aliphatic carboxylic acids is 1. The molecule has 0 aliphatic carbocycles. The molecule has 1 aliphatic heterocycles. The van der Waals surface area contributed by atoms with Gasteiger partial charge in [-0.3, -0.25) is 33.8 Å². The molecule has 1 aromatic carbocycles. The van der Waals surface area contributed by atoms with Gasteiger partial charge in [0, 0.05) is 13.0 Å². The molecular weight excluding hydrogens is 602 g/mol. The second-order valence-corrected chi connectivity index (χ2v) is 11.1. The fraction of sp³-hybridized carbons (Fsp3) is 0.552. The van der Waals surface area contributed by atoms with Gasteiger partial charge in [-0.1, -0.05) is 26.0 Å². The number of carboxylic acids is 1. The summed E-state index contributed by atoms with van der Waals surface area (Å²) in [5.74, 6) is -5.34. The van der Waals surface area contributed by atoms with Gasteiger partial charge in [0.2, 0.25) is 29.5 Å². The van der Waals surface area contributed by atoms with E-state index in [0.717, 1.165) is 0 Å². The predicted molar refractivity (Wildman–Crippen MR) is 167 cm³/mol. The highest BCUT2D eigenvalue weighted by Gasteiger charge is 2.34. The van der Waals surface area contributed by atoms with Gasteiger partial charge < -0.3 is 53.6 Å². The molecule has 0 spiro atoms. The molecule has 1 aromatic rings. The number of hydrogen-bond acceptors (Lipinski definition) is 9. The van der Waals surface area contributed by atoms with Crippen LogP contribution in [0.4, 0.5) is 0 Å². The Kier molecular flexibility index (Phi) is 15.2. The highest BCUT2D eigenvalue weighted by atomic mass is 16.5. The molecule has 0 aromatic heterocycles. The second kappa shape index (κ2) is 18.8. The first-order chi connectivity index (χ1) is 21.8. The minimum Gasteiger partial charge on any atom is -0.494 e. The van der Waals surface area contributed by atoms with Crippen LogP contribution in [0.15, 0.2) is 29.3 Å². The molecule has 5 amide bonds. The fourth-order valence-electron chi connectivity index (χ4n) is 4.45. The van der Waals surface area contributed by atoms with Gasteiger partial charge in [0.05, 0.1) is 19.6 Å². The highest BCUT2D eigenvalue weighted by Crippen LogP contribution is 2.15. The number of nitrogens with zero attached hydrogens (tertiary/aromatic N) is 1. The molecule has 1 fully saturated rings. The van der Waals surface area contributed by atoms with Crippen LogP contribution in [0.5, 0.6) is 5.75 Å². The van der Waals surface area contributed by atoms with Gasteiger partial charge in [0.15, 0.2) is 5.96 Å². The number of benzene rings is 1. The van der Waals surface area contributed by atoms with E-state index in [4.69, 9.17) is 21.9 Å². The summed E-state index contributed by atoms with van der Waals surface area (Å²) in [6.45, 7) is 3.82. The number of carboxylic acid groups (broad SMARTS) is 1. The van der Waals surface area contributed by atoms with Gasteiger partial charge in [0.1, 0.15) is 29.9 Å². The van der Waals surface area contributed by atoms with E-state index < -0.39 is 78.6 Å². The van der Waals surface area contributed by atoms with Crippen molar-refractivity contribution in [3.8, 4) is 5.75 Å². The third-order valence-corrected chi connectivity index (χ3v) is 6.89. The zero-order valence-electron chi connectivity index (χ0n) is 26.0. The molecule has 17 heteroatoms. The average Bonchev–Trinajstić information content (AvgIpc) is 2.99. The summed E-state index contributed by atoms with van der Waals surface area (Å²) in [6, 6.07) is 1.66. The first-order valence-corrected chi connectivity index (χ1v) is 15.0. The number of carbonyl (C=O) groups is 6. The van der Waals surface area contributed by atoms with Crippen LogP contribution in [-0.2, 0) is 35.2 Å². The molecule has 12 N–H and O–H groups in total. The van der Waals surface area contributed by atoms with Crippen LogP contribution in [-0.4, -0.2) is 97.0 Å². The van der Waals surface area contributed by atoms with Crippen LogP contribution in [0.2, 0.25) is 0 Å². The van der Waals surface area contributed by atoms with Crippen molar-refractivity contribution in [3.05, 3.63) is 29.8 Å². The predicted octanol–water partition coefficient (Wildman–Crippen LogP) is -2.79. The number of nitrogens with two attached hydrogens (primary N) is 3. The SMILES string of the molecule is CC(C)[C@H]1NC(=O)C(CCCN=C(N)N)NC(=O)CNC(=O)C(CC(=O)O)NC(=O)[C@@H](Cc2ccc(OCCCN)cc2)NC1=O. The molecule has 17 nitrogen and oxygen atoms in total. The van der Waals surface area contributed by atoms with Crippen LogP contribution >= 0.6 is 0 Å². The molecule has 1 saturated heterocycles. The molecule has 0 radical (unpaired) electrons. The van der Waals surface area contributed by atoms with Crippen LogP contribution in [0.3, 0.4) is 0 Å². The first kappa shape index (κ1) is 37.3. The summed E-state index contributed by atoms with van der Waals surface area (Å²) >= 11 is 0. The maximum atomic E-state index is 13.6. The van der Waals surface area contributed by atoms with Gasteiger partial charge in [-0.25, -0.2) is 0 Å². The molecule has 0 bridgehead atoms. The Hall–Kier alpha value is -4.93. The molecule has 4 atom stereocenters. The lowest BCUT2D eigenvalue weighted by molar-refractivity contribution is -0.141. The maximum absolute atomic E-state index is 13.6. The standard InChI is InChI=1S/C29H45N9O8/c1-16(2)24-28(45)37-20(13-17-6-8-18(9-7-17)46-12-4-10-30)27(44)36-21(14-23(40)41)25(42)34-15-22(39)35-19(26(43)38-24)5-3-11-33-29(31)32/h6-9,16,19-21,24H,3-5,10-15,30H2,1-2H3,(H,34,42)(H,35,39)(H,36,44)(H,37,45)(H,38,43)(H,40,41)(H4,31,32,33)/t19?,20-,21?,24-/m1/s1. The molecule has 254 valence electrons.